The quantitative estimate of drug-likeness (QED) is 0.160. The van der Waals surface area contributed by atoms with Crippen LogP contribution >= 0.6 is 0 Å². The first-order valence-electron chi connectivity index (χ1n) is 23.4. The van der Waals surface area contributed by atoms with Crippen LogP contribution in [0.4, 0.5) is 0 Å². The van der Waals surface area contributed by atoms with Crippen molar-refractivity contribution in [1.29, 1.82) is 0 Å². The number of benzene rings is 10. The van der Waals surface area contributed by atoms with Crippen molar-refractivity contribution < 1.29 is 0 Å². The fourth-order valence-electron chi connectivity index (χ4n) is 10.5. The van der Waals surface area contributed by atoms with E-state index in [-0.39, 0.29) is 0 Å². The van der Waals surface area contributed by atoms with Gasteiger partial charge < -0.3 is 13.7 Å². The van der Waals surface area contributed by atoms with E-state index in [1.165, 1.54) is 65.4 Å². The number of nitrogens with zero attached hydrogens (tertiary/aromatic N) is 6. The minimum atomic E-state index is 0.613. The first-order chi connectivity index (χ1) is 34.2. The van der Waals surface area contributed by atoms with Gasteiger partial charge in [-0.15, -0.1) is 0 Å². The highest BCUT2D eigenvalue weighted by molar-refractivity contribution is 6.11. The Hall–Kier alpha value is -9.39. The largest absolute Gasteiger partial charge is 0.309 e. The molecule has 0 bridgehead atoms. The lowest BCUT2D eigenvalue weighted by atomic mass is 10.0. The van der Waals surface area contributed by atoms with Crippen LogP contribution < -0.4 is 0 Å². The molecule has 0 aliphatic rings. The van der Waals surface area contributed by atoms with Crippen molar-refractivity contribution in [3.63, 3.8) is 0 Å². The van der Waals surface area contributed by atoms with Crippen LogP contribution in [0, 0.1) is 0 Å². The van der Waals surface area contributed by atoms with Crippen LogP contribution in [0.1, 0.15) is 0 Å². The topological polar surface area (TPSA) is 53.5 Å². The van der Waals surface area contributed by atoms with Crippen LogP contribution in [0.5, 0.6) is 0 Å². The normalized spacial score (nSPS) is 11.8. The lowest BCUT2D eigenvalue weighted by molar-refractivity contribution is 1.07. The third-order valence-corrected chi connectivity index (χ3v) is 13.7. The van der Waals surface area contributed by atoms with Gasteiger partial charge in [-0.3, -0.25) is 0 Å². The Morgan fingerprint density at radius 2 is 0.478 bits per heavy atom. The molecule has 0 fully saturated rings. The predicted octanol–water partition coefficient (Wildman–Crippen LogP) is 15.8. The average molecular weight is 881 g/mol. The van der Waals surface area contributed by atoms with Crippen LogP contribution in [0.15, 0.2) is 243 Å². The lowest BCUT2D eigenvalue weighted by Gasteiger charge is -2.16. The third-order valence-electron chi connectivity index (χ3n) is 13.7. The first-order valence-corrected chi connectivity index (χ1v) is 23.4. The second-order valence-electron chi connectivity index (χ2n) is 17.6. The average Bonchev–Trinajstić information content (AvgIpc) is 4.07. The van der Waals surface area contributed by atoms with E-state index in [1.807, 2.05) is 18.2 Å². The highest BCUT2D eigenvalue weighted by Gasteiger charge is 2.19. The van der Waals surface area contributed by atoms with Crippen LogP contribution in [-0.4, -0.2) is 28.7 Å². The molecule has 14 aromatic rings. The third kappa shape index (κ3) is 6.30. The van der Waals surface area contributed by atoms with Crippen molar-refractivity contribution in [2.75, 3.05) is 0 Å². The fourth-order valence-corrected chi connectivity index (χ4v) is 10.5. The van der Waals surface area contributed by atoms with Gasteiger partial charge in [0, 0.05) is 66.1 Å². The summed E-state index contributed by atoms with van der Waals surface area (Å²) < 4.78 is 7.15. The molecule has 0 aliphatic heterocycles. The van der Waals surface area contributed by atoms with Crippen LogP contribution in [0.3, 0.4) is 0 Å². The molecule has 0 saturated carbocycles. The summed E-state index contributed by atoms with van der Waals surface area (Å²) in [6.07, 6.45) is 0. The van der Waals surface area contributed by atoms with Gasteiger partial charge in [-0.2, -0.15) is 0 Å². The van der Waals surface area contributed by atoms with E-state index >= 15 is 0 Å². The van der Waals surface area contributed by atoms with E-state index in [0.717, 1.165) is 44.9 Å². The van der Waals surface area contributed by atoms with Crippen molar-refractivity contribution >= 4 is 65.4 Å². The van der Waals surface area contributed by atoms with E-state index in [0.29, 0.717) is 17.5 Å². The Labute approximate surface area is 397 Å². The molecule has 0 spiro atoms. The summed E-state index contributed by atoms with van der Waals surface area (Å²) in [6.45, 7) is 0. The number of rotatable bonds is 7. The van der Waals surface area contributed by atoms with Gasteiger partial charge in [-0.05, 0) is 90.0 Å². The summed E-state index contributed by atoms with van der Waals surface area (Å²) >= 11 is 0. The van der Waals surface area contributed by atoms with Crippen LogP contribution in [0.25, 0.3) is 128 Å². The summed E-state index contributed by atoms with van der Waals surface area (Å²) in [5.41, 5.74) is 15.2. The smallest absolute Gasteiger partial charge is 0.164 e. The molecular weight excluding hydrogens is 841 g/mol. The van der Waals surface area contributed by atoms with E-state index in [2.05, 4.69) is 238 Å². The SMILES string of the molecule is c1ccc(-c2nc(-c3ccc(-c4cc(-n5c6ccccc6c6ccccc65)cc(-n5c6ccccc6c6ccccc65)c4)cc3)nc(-c3ccc(-n4c5ccccc5c5ccccc54)cc3)n2)cc1. The Kier molecular flexibility index (Phi) is 8.79. The molecule has 69 heavy (non-hydrogen) atoms. The molecular formula is C63H40N6. The predicted molar refractivity (Wildman–Crippen MR) is 285 cm³/mol. The zero-order valence-corrected chi connectivity index (χ0v) is 37.3. The van der Waals surface area contributed by atoms with E-state index < -0.39 is 0 Å². The second-order valence-corrected chi connectivity index (χ2v) is 17.6. The molecule has 322 valence electrons. The molecule has 0 radical (unpaired) electrons. The summed E-state index contributed by atoms with van der Waals surface area (Å²) in [5, 5.41) is 7.38. The second kappa shape index (κ2) is 15.6. The van der Waals surface area contributed by atoms with E-state index in [4.69, 9.17) is 15.0 Å². The van der Waals surface area contributed by atoms with Gasteiger partial charge in [0.1, 0.15) is 0 Å². The molecule has 6 nitrogen and oxygen atoms in total. The highest BCUT2D eigenvalue weighted by Crippen LogP contribution is 2.39. The number of fused-ring (bicyclic) bond motifs is 9. The van der Waals surface area contributed by atoms with Crippen LogP contribution in [0.2, 0.25) is 0 Å². The molecule has 4 heterocycles. The summed E-state index contributed by atoms with van der Waals surface area (Å²) in [7, 11) is 0. The molecule has 0 aliphatic carbocycles. The molecule has 10 aromatic carbocycles. The standard InChI is InChI=1S/C63H40N6/c1-2-16-42(17-3-1)61-64-62(66-63(65-61)44-34-36-46(37-35-44)67-55-24-10-4-18-49(55)50-19-5-11-25-56(50)67)43-32-30-41(31-33-43)45-38-47(68-57-26-12-6-20-51(57)52-21-7-13-27-58(52)68)40-48(39-45)69-59-28-14-8-22-53(59)54-23-9-15-29-60(54)69/h1-40H. The van der Waals surface area contributed by atoms with Crippen molar-refractivity contribution in [3.8, 4) is 62.4 Å². The number of hydrogen-bond donors (Lipinski definition) is 0. The Bertz CT molecular complexity index is 4000. The molecule has 14 rings (SSSR count). The molecule has 0 amide bonds. The maximum Gasteiger partial charge on any atom is 0.164 e. The van der Waals surface area contributed by atoms with Gasteiger partial charge in [0.15, 0.2) is 17.5 Å². The van der Waals surface area contributed by atoms with E-state index in [9.17, 15) is 0 Å². The van der Waals surface area contributed by atoms with Crippen molar-refractivity contribution in [3.05, 3.63) is 243 Å². The van der Waals surface area contributed by atoms with Crippen molar-refractivity contribution in [2.24, 2.45) is 0 Å². The molecule has 0 unspecified atom stereocenters. The minimum absolute atomic E-state index is 0.613. The van der Waals surface area contributed by atoms with Gasteiger partial charge in [0.2, 0.25) is 0 Å². The summed E-state index contributed by atoms with van der Waals surface area (Å²) in [4.78, 5) is 15.4. The van der Waals surface area contributed by atoms with Gasteiger partial charge >= 0.3 is 0 Å². The monoisotopic (exact) mass is 880 g/mol. The first kappa shape index (κ1) is 38.8. The molecule has 0 saturated heterocycles. The molecule has 0 atom stereocenters. The Balaban J connectivity index is 0.904. The zero-order chi connectivity index (χ0) is 45.4. The lowest BCUT2D eigenvalue weighted by Crippen LogP contribution is -2.01. The van der Waals surface area contributed by atoms with E-state index in [1.54, 1.807) is 0 Å². The maximum absolute atomic E-state index is 5.17. The summed E-state index contributed by atoms with van der Waals surface area (Å²) in [5.74, 6) is 1.86. The number of hydrogen-bond acceptors (Lipinski definition) is 3. The van der Waals surface area contributed by atoms with Gasteiger partial charge in [-0.25, -0.2) is 15.0 Å². The summed E-state index contributed by atoms with van der Waals surface area (Å²) in [6, 6.07) is 86.4. The Morgan fingerprint density at radius 3 is 0.841 bits per heavy atom. The maximum atomic E-state index is 5.17. The number of aromatic nitrogens is 6. The zero-order valence-electron chi connectivity index (χ0n) is 37.3. The number of para-hydroxylation sites is 6. The molecule has 0 N–H and O–H groups in total. The van der Waals surface area contributed by atoms with Crippen molar-refractivity contribution in [1.82, 2.24) is 28.7 Å². The van der Waals surface area contributed by atoms with Gasteiger partial charge in [-0.1, -0.05) is 164 Å². The van der Waals surface area contributed by atoms with Gasteiger partial charge in [0.25, 0.3) is 0 Å². The minimum Gasteiger partial charge on any atom is -0.309 e. The molecule has 4 aromatic heterocycles. The highest BCUT2D eigenvalue weighted by atomic mass is 15.0. The van der Waals surface area contributed by atoms with Gasteiger partial charge in [0.05, 0.1) is 33.1 Å². The fraction of sp³-hybridized carbons (Fsp3) is 0. The van der Waals surface area contributed by atoms with Crippen molar-refractivity contribution in [2.45, 2.75) is 0 Å². The molecule has 6 heteroatoms. The Morgan fingerprint density at radius 1 is 0.203 bits per heavy atom. The van der Waals surface area contributed by atoms with Crippen LogP contribution in [-0.2, 0) is 0 Å².